The van der Waals surface area contributed by atoms with Crippen LogP contribution in [0.25, 0.3) is 0 Å². The zero-order valence-electron chi connectivity index (χ0n) is 9.95. The maximum atomic E-state index is 12.0. The van der Waals surface area contributed by atoms with Gasteiger partial charge in [-0.25, -0.2) is 9.97 Å². The lowest BCUT2D eigenvalue weighted by Crippen LogP contribution is -2.59. The molecule has 2 N–H and O–H groups in total. The molecule has 1 aromatic rings. The van der Waals surface area contributed by atoms with Crippen LogP contribution in [0.1, 0.15) is 11.5 Å². The van der Waals surface area contributed by atoms with Crippen LogP contribution in [0.15, 0.2) is 0 Å². The van der Waals surface area contributed by atoms with Gasteiger partial charge in [-0.15, -0.1) is 0 Å². The molecule has 0 aliphatic carbocycles. The van der Waals surface area contributed by atoms with E-state index >= 15 is 0 Å². The first kappa shape index (κ1) is 10.5. The minimum atomic E-state index is -0.148. The van der Waals surface area contributed by atoms with Crippen LogP contribution in [-0.4, -0.2) is 41.6 Å². The number of carbonyl (C=O) groups excluding carboxylic acids is 1. The minimum Gasteiger partial charge on any atom is -0.340 e. The van der Waals surface area contributed by atoms with Crippen molar-refractivity contribution < 1.29 is 4.79 Å². The second kappa shape index (κ2) is 3.66. The molecular weight excluding hydrogens is 218 g/mol. The van der Waals surface area contributed by atoms with Gasteiger partial charge in [-0.05, 0) is 13.8 Å². The third-order valence-electron chi connectivity index (χ3n) is 3.25. The standard InChI is InChI=1S/C11H15N5O/c1-6-9-10(14-7(2)13-6)16-4-3-12-5-8(16)11(17)15-9/h8,12H,3-5H2,1-2H3,(H,15,17). The number of piperazine rings is 1. The number of amides is 1. The van der Waals surface area contributed by atoms with Crippen LogP contribution < -0.4 is 15.5 Å². The molecule has 0 saturated carbocycles. The number of anilines is 2. The Morgan fingerprint density at radius 3 is 3.00 bits per heavy atom. The lowest BCUT2D eigenvalue weighted by molar-refractivity contribution is -0.117. The fraction of sp³-hybridized carbons (Fsp3) is 0.545. The number of aryl methyl sites for hydroxylation is 2. The Hall–Kier alpha value is -1.69. The molecule has 6 nitrogen and oxygen atoms in total. The van der Waals surface area contributed by atoms with Crippen LogP contribution in [0.4, 0.5) is 11.5 Å². The van der Waals surface area contributed by atoms with Crippen molar-refractivity contribution in [3.63, 3.8) is 0 Å². The van der Waals surface area contributed by atoms with Crippen LogP contribution in [-0.2, 0) is 4.79 Å². The van der Waals surface area contributed by atoms with E-state index in [0.29, 0.717) is 6.54 Å². The van der Waals surface area contributed by atoms with Gasteiger partial charge in [0.2, 0.25) is 5.91 Å². The van der Waals surface area contributed by atoms with Crippen molar-refractivity contribution in [2.45, 2.75) is 19.9 Å². The number of rotatable bonds is 0. The Morgan fingerprint density at radius 2 is 2.18 bits per heavy atom. The van der Waals surface area contributed by atoms with E-state index in [-0.39, 0.29) is 11.9 Å². The summed E-state index contributed by atoms with van der Waals surface area (Å²) in [5.74, 6) is 1.64. The molecule has 1 unspecified atom stereocenters. The van der Waals surface area contributed by atoms with Crippen molar-refractivity contribution in [2.24, 2.45) is 0 Å². The molecule has 6 heteroatoms. The average molecular weight is 233 g/mol. The van der Waals surface area contributed by atoms with Crippen molar-refractivity contribution in [1.29, 1.82) is 0 Å². The van der Waals surface area contributed by atoms with E-state index in [1.165, 1.54) is 0 Å². The monoisotopic (exact) mass is 233 g/mol. The fourth-order valence-corrected chi connectivity index (χ4v) is 2.45. The Kier molecular flexibility index (Phi) is 2.25. The van der Waals surface area contributed by atoms with Crippen LogP contribution in [0.5, 0.6) is 0 Å². The Balaban J connectivity index is 2.13. The third-order valence-corrected chi connectivity index (χ3v) is 3.25. The average Bonchev–Trinajstić information content (AvgIpc) is 2.31. The number of aromatic nitrogens is 2. The van der Waals surface area contributed by atoms with E-state index in [2.05, 4.69) is 25.5 Å². The zero-order valence-corrected chi connectivity index (χ0v) is 9.95. The summed E-state index contributed by atoms with van der Waals surface area (Å²) in [5, 5.41) is 6.14. The molecule has 0 spiro atoms. The summed E-state index contributed by atoms with van der Waals surface area (Å²) in [5.41, 5.74) is 1.59. The molecule has 3 rings (SSSR count). The van der Waals surface area contributed by atoms with E-state index in [1.807, 2.05) is 13.8 Å². The van der Waals surface area contributed by atoms with E-state index < -0.39 is 0 Å². The highest BCUT2D eigenvalue weighted by Crippen LogP contribution is 2.32. The molecule has 90 valence electrons. The summed E-state index contributed by atoms with van der Waals surface area (Å²) in [7, 11) is 0. The van der Waals surface area contributed by atoms with Gasteiger partial charge in [0.25, 0.3) is 0 Å². The number of nitrogens with one attached hydrogen (secondary N) is 2. The first-order valence-electron chi connectivity index (χ1n) is 5.80. The van der Waals surface area contributed by atoms with Gasteiger partial charge in [0.05, 0.1) is 5.69 Å². The SMILES string of the molecule is Cc1nc(C)c2c(n1)N1CCNCC1C(=O)N2. The highest BCUT2D eigenvalue weighted by atomic mass is 16.2. The molecule has 1 amide bonds. The fourth-order valence-electron chi connectivity index (χ4n) is 2.45. The molecule has 2 aliphatic heterocycles. The molecule has 0 aromatic carbocycles. The molecule has 17 heavy (non-hydrogen) atoms. The van der Waals surface area contributed by atoms with Crippen molar-refractivity contribution in [3.8, 4) is 0 Å². The van der Waals surface area contributed by atoms with Gasteiger partial charge in [0, 0.05) is 19.6 Å². The molecule has 1 atom stereocenters. The molecular formula is C11H15N5O. The van der Waals surface area contributed by atoms with Gasteiger partial charge in [0.15, 0.2) is 5.82 Å². The van der Waals surface area contributed by atoms with Gasteiger partial charge < -0.3 is 15.5 Å². The Morgan fingerprint density at radius 1 is 1.35 bits per heavy atom. The van der Waals surface area contributed by atoms with Crippen LogP contribution >= 0.6 is 0 Å². The predicted octanol–water partition coefficient (Wildman–Crippen LogP) is -0.176. The highest BCUT2D eigenvalue weighted by Gasteiger charge is 2.36. The van der Waals surface area contributed by atoms with Crippen LogP contribution in [0.2, 0.25) is 0 Å². The lowest BCUT2D eigenvalue weighted by atomic mass is 10.1. The largest absolute Gasteiger partial charge is 0.340 e. The summed E-state index contributed by atoms with van der Waals surface area (Å²) in [6, 6.07) is -0.148. The smallest absolute Gasteiger partial charge is 0.248 e. The van der Waals surface area contributed by atoms with Gasteiger partial charge in [-0.1, -0.05) is 0 Å². The van der Waals surface area contributed by atoms with Gasteiger partial charge >= 0.3 is 0 Å². The Bertz CT molecular complexity index is 487. The first-order chi connectivity index (χ1) is 8.16. The number of hydrogen-bond acceptors (Lipinski definition) is 5. The summed E-state index contributed by atoms with van der Waals surface area (Å²) in [4.78, 5) is 22.8. The van der Waals surface area contributed by atoms with Crippen molar-refractivity contribution in [2.75, 3.05) is 29.9 Å². The number of carbonyl (C=O) groups is 1. The second-order valence-electron chi connectivity index (χ2n) is 4.46. The number of hydrogen-bond donors (Lipinski definition) is 2. The maximum Gasteiger partial charge on any atom is 0.248 e. The minimum absolute atomic E-state index is 0.0280. The second-order valence-corrected chi connectivity index (χ2v) is 4.46. The molecule has 0 radical (unpaired) electrons. The van der Waals surface area contributed by atoms with Crippen molar-refractivity contribution in [1.82, 2.24) is 15.3 Å². The van der Waals surface area contributed by atoms with Gasteiger partial charge in [-0.2, -0.15) is 0 Å². The van der Waals surface area contributed by atoms with Crippen molar-refractivity contribution in [3.05, 3.63) is 11.5 Å². The first-order valence-corrected chi connectivity index (χ1v) is 5.80. The highest BCUT2D eigenvalue weighted by molar-refractivity contribution is 6.03. The predicted molar refractivity (Wildman–Crippen MR) is 64.1 cm³/mol. The summed E-state index contributed by atoms with van der Waals surface area (Å²) < 4.78 is 0. The van der Waals surface area contributed by atoms with Crippen LogP contribution in [0, 0.1) is 13.8 Å². The Labute approximate surface area is 99.4 Å². The van der Waals surface area contributed by atoms with Gasteiger partial charge in [0.1, 0.15) is 17.6 Å². The van der Waals surface area contributed by atoms with Gasteiger partial charge in [-0.3, -0.25) is 4.79 Å². The molecule has 3 heterocycles. The molecule has 1 aromatic heterocycles. The topological polar surface area (TPSA) is 70.2 Å². The summed E-state index contributed by atoms with van der Waals surface area (Å²) >= 11 is 0. The number of fused-ring (bicyclic) bond motifs is 3. The van der Waals surface area contributed by atoms with E-state index in [0.717, 1.165) is 36.1 Å². The van der Waals surface area contributed by atoms with Crippen LogP contribution in [0.3, 0.4) is 0 Å². The third kappa shape index (κ3) is 1.56. The van der Waals surface area contributed by atoms with E-state index in [1.54, 1.807) is 0 Å². The van der Waals surface area contributed by atoms with E-state index in [9.17, 15) is 4.79 Å². The molecule has 1 fully saturated rings. The molecule has 2 aliphatic rings. The quantitative estimate of drug-likeness (QED) is 0.650. The molecule has 1 saturated heterocycles. The maximum absolute atomic E-state index is 12.0. The molecule has 0 bridgehead atoms. The zero-order chi connectivity index (χ0) is 12.0. The number of nitrogens with zero attached hydrogens (tertiary/aromatic N) is 3. The normalized spacial score (nSPS) is 22.8. The lowest BCUT2D eigenvalue weighted by Gasteiger charge is -2.40. The summed E-state index contributed by atoms with van der Waals surface area (Å²) in [6.45, 7) is 6.14. The summed E-state index contributed by atoms with van der Waals surface area (Å²) in [6.07, 6.45) is 0. The van der Waals surface area contributed by atoms with Crippen molar-refractivity contribution >= 4 is 17.4 Å². The van der Waals surface area contributed by atoms with E-state index in [4.69, 9.17) is 0 Å².